The Kier molecular flexibility index (Phi) is 9.99. The van der Waals surface area contributed by atoms with E-state index in [9.17, 15) is 9.90 Å². The molecule has 6 nitrogen and oxygen atoms in total. The molecule has 1 aromatic heterocycles. The molecule has 0 saturated carbocycles. The topological polar surface area (TPSA) is 90.4 Å². The van der Waals surface area contributed by atoms with Crippen molar-refractivity contribution in [3.8, 4) is 5.75 Å². The number of aliphatic hydroxyl groups is 1. The van der Waals surface area contributed by atoms with E-state index in [4.69, 9.17) is 10.5 Å². The van der Waals surface area contributed by atoms with E-state index in [-0.39, 0.29) is 24.1 Å². The Morgan fingerprint density at radius 2 is 1.69 bits per heavy atom. The molecule has 0 spiro atoms. The van der Waals surface area contributed by atoms with Crippen molar-refractivity contribution in [1.82, 2.24) is 9.55 Å². The first-order valence-electron chi connectivity index (χ1n) is 11.5. The first kappa shape index (κ1) is 27.3. The summed E-state index contributed by atoms with van der Waals surface area (Å²) in [4.78, 5) is 17.8. The maximum atomic E-state index is 11.4. The minimum atomic E-state index is -0.620. The minimum Gasteiger partial charge on any atom is -0.489 e. The van der Waals surface area contributed by atoms with Crippen LogP contribution < -0.4 is 10.5 Å². The van der Waals surface area contributed by atoms with E-state index in [0.29, 0.717) is 19.4 Å². The molecule has 1 heterocycles. The van der Waals surface area contributed by atoms with Gasteiger partial charge >= 0.3 is 0 Å². The molecule has 2 atom stereocenters. The Morgan fingerprint density at radius 3 is 2.36 bits per heavy atom. The van der Waals surface area contributed by atoms with Crippen LogP contribution in [0.15, 0.2) is 101 Å². The normalized spacial score (nSPS) is 12.4. The average molecular weight is 524 g/mol. The van der Waals surface area contributed by atoms with Crippen molar-refractivity contribution in [1.29, 1.82) is 0 Å². The SMILES string of the molecule is C[C@H](O)[C@@H](CCc1ccccc1OCc1ccc(Sc2ccccc2)cc1)n1cnc(C(N)=O)c1.Cl. The number of imidazole rings is 1. The van der Waals surface area contributed by atoms with Gasteiger partial charge in [-0.1, -0.05) is 60.3 Å². The zero-order valence-corrected chi connectivity index (χ0v) is 21.6. The summed E-state index contributed by atoms with van der Waals surface area (Å²) in [5.41, 5.74) is 7.66. The zero-order valence-electron chi connectivity index (χ0n) is 20.0. The summed E-state index contributed by atoms with van der Waals surface area (Å²) in [6.07, 6.45) is 3.85. The number of carbonyl (C=O) groups is 1. The van der Waals surface area contributed by atoms with Crippen LogP contribution in [0, 0.1) is 0 Å². The number of nitrogens with two attached hydrogens (primary N) is 1. The van der Waals surface area contributed by atoms with Crippen LogP contribution in [0.3, 0.4) is 0 Å². The van der Waals surface area contributed by atoms with E-state index in [0.717, 1.165) is 16.9 Å². The van der Waals surface area contributed by atoms with Gasteiger partial charge in [-0.2, -0.15) is 0 Å². The largest absolute Gasteiger partial charge is 0.489 e. The van der Waals surface area contributed by atoms with Gasteiger partial charge in [-0.05, 0) is 61.2 Å². The highest BCUT2D eigenvalue weighted by Crippen LogP contribution is 2.28. The van der Waals surface area contributed by atoms with Gasteiger partial charge in [-0.15, -0.1) is 12.4 Å². The lowest BCUT2D eigenvalue weighted by Crippen LogP contribution is -2.21. The quantitative estimate of drug-likeness (QED) is 0.263. The summed E-state index contributed by atoms with van der Waals surface area (Å²) in [6.45, 7) is 2.20. The second kappa shape index (κ2) is 13.2. The standard InChI is InChI=1S/C28H29N3O3S.ClH/c1-20(32)26(31-17-25(28(29)33)30-19-31)16-13-22-7-5-6-10-27(22)34-18-21-11-14-24(15-12-21)35-23-8-3-2-4-9-23;/h2-12,14-15,17,19-20,26,32H,13,16,18H2,1H3,(H2,29,33);1H/t20-,26+;/m0./s1. The van der Waals surface area contributed by atoms with Crippen LogP contribution in [0.1, 0.15) is 41.0 Å². The number of carbonyl (C=O) groups excluding carboxylic acids is 1. The number of nitrogens with zero attached hydrogens (tertiary/aromatic N) is 2. The van der Waals surface area contributed by atoms with Crippen LogP contribution >= 0.6 is 24.2 Å². The third-order valence-corrected chi connectivity index (χ3v) is 6.79. The molecule has 0 aliphatic carbocycles. The highest BCUT2D eigenvalue weighted by Gasteiger charge is 2.19. The highest BCUT2D eigenvalue weighted by molar-refractivity contribution is 7.99. The fraction of sp³-hybridized carbons (Fsp3) is 0.214. The van der Waals surface area contributed by atoms with Gasteiger partial charge in [0.2, 0.25) is 0 Å². The van der Waals surface area contributed by atoms with Crippen molar-refractivity contribution in [3.05, 3.63) is 108 Å². The summed E-state index contributed by atoms with van der Waals surface area (Å²) >= 11 is 1.73. The van der Waals surface area contributed by atoms with Crippen molar-refractivity contribution in [3.63, 3.8) is 0 Å². The Hall–Kier alpha value is -3.26. The number of amides is 1. The number of benzene rings is 3. The van der Waals surface area contributed by atoms with Gasteiger partial charge in [-0.25, -0.2) is 4.98 Å². The molecule has 0 aliphatic rings. The molecule has 0 fully saturated rings. The maximum Gasteiger partial charge on any atom is 0.268 e. The van der Waals surface area contributed by atoms with Gasteiger partial charge < -0.3 is 20.1 Å². The summed E-state index contributed by atoms with van der Waals surface area (Å²) in [7, 11) is 0. The maximum absolute atomic E-state index is 11.4. The van der Waals surface area contributed by atoms with Crippen LogP contribution in [0.4, 0.5) is 0 Å². The Labute approximate surface area is 221 Å². The van der Waals surface area contributed by atoms with Gasteiger partial charge in [0.1, 0.15) is 18.1 Å². The Morgan fingerprint density at radius 1 is 1.03 bits per heavy atom. The molecular weight excluding hydrogens is 494 g/mol. The first-order valence-corrected chi connectivity index (χ1v) is 12.3. The lowest BCUT2D eigenvalue weighted by Gasteiger charge is -2.22. The van der Waals surface area contributed by atoms with E-state index in [2.05, 4.69) is 41.4 Å². The Bertz CT molecular complexity index is 1250. The fourth-order valence-electron chi connectivity index (χ4n) is 3.88. The smallest absolute Gasteiger partial charge is 0.268 e. The number of hydrogen-bond acceptors (Lipinski definition) is 5. The number of primary amides is 1. The summed E-state index contributed by atoms with van der Waals surface area (Å²) in [6, 6.07) is 26.4. The van der Waals surface area contributed by atoms with Gasteiger partial charge in [0.25, 0.3) is 5.91 Å². The van der Waals surface area contributed by atoms with E-state index in [1.165, 1.54) is 9.79 Å². The molecule has 0 bridgehead atoms. The van der Waals surface area contributed by atoms with E-state index >= 15 is 0 Å². The van der Waals surface area contributed by atoms with Crippen molar-refractivity contribution in [2.24, 2.45) is 5.73 Å². The predicted octanol–water partition coefficient (Wildman–Crippen LogP) is 5.69. The molecule has 0 radical (unpaired) electrons. The van der Waals surface area contributed by atoms with E-state index in [1.54, 1.807) is 35.8 Å². The van der Waals surface area contributed by atoms with Crippen molar-refractivity contribution in [2.75, 3.05) is 0 Å². The predicted molar refractivity (Wildman–Crippen MR) is 145 cm³/mol. The molecule has 188 valence electrons. The molecular formula is C28H30ClN3O3S. The van der Waals surface area contributed by atoms with Crippen LogP contribution in [-0.4, -0.2) is 26.7 Å². The van der Waals surface area contributed by atoms with Crippen molar-refractivity contribution in [2.45, 2.75) is 48.3 Å². The molecule has 8 heteroatoms. The monoisotopic (exact) mass is 523 g/mol. The molecule has 0 unspecified atom stereocenters. The molecule has 36 heavy (non-hydrogen) atoms. The number of para-hydroxylation sites is 1. The fourth-order valence-corrected chi connectivity index (χ4v) is 4.72. The van der Waals surface area contributed by atoms with Gasteiger partial charge in [0, 0.05) is 16.0 Å². The van der Waals surface area contributed by atoms with Crippen molar-refractivity contribution < 1.29 is 14.6 Å². The molecule has 4 rings (SSSR count). The third-order valence-electron chi connectivity index (χ3n) is 5.77. The number of ether oxygens (including phenoxy) is 1. The van der Waals surface area contributed by atoms with Crippen LogP contribution in [0.5, 0.6) is 5.75 Å². The summed E-state index contributed by atoms with van der Waals surface area (Å²) in [5.74, 6) is 0.238. The van der Waals surface area contributed by atoms with Gasteiger partial charge in [0.15, 0.2) is 0 Å². The van der Waals surface area contributed by atoms with Gasteiger partial charge in [0.05, 0.1) is 18.5 Å². The number of aromatic nitrogens is 2. The molecule has 4 aromatic rings. The number of aliphatic hydroxyl groups excluding tert-OH is 1. The second-order valence-electron chi connectivity index (χ2n) is 8.37. The number of aryl methyl sites for hydroxylation is 1. The molecule has 0 saturated heterocycles. The molecule has 3 N–H and O–H groups in total. The lowest BCUT2D eigenvalue weighted by atomic mass is 10.0. The zero-order chi connectivity index (χ0) is 24.6. The third kappa shape index (κ3) is 7.37. The molecule has 3 aromatic carbocycles. The molecule has 0 aliphatic heterocycles. The molecule has 1 amide bonds. The van der Waals surface area contributed by atoms with E-state index in [1.807, 2.05) is 42.5 Å². The van der Waals surface area contributed by atoms with Crippen molar-refractivity contribution >= 4 is 30.1 Å². The number of halogens is 1. The summed E-state index contributed by atoms with van der Waals surface area (Å²) in [5, 5.41) is 10.3. The second-order valence-corrected chi connectivity index (χ2v) is 9.52. The summed E-state index contributed by atoms with van der Waals surface area (Å²) < 4.78 is 7.92. The van der Waals surface area contributed by atoms with E-state index < -0.39 is 12.0 Å². The Balaban J connectivity index is 0.00000361. The number of rotatable bonds is 11. The van der Waals surface area contributed by atoms with Crippen LogP contribution in [0.25, 0.3) is 0 Å². The van der Waals surface area contributed by atoms with Gasteiger partial charge in [-0.3, -0.25) is 4.79 Å². The number of hydrogen-bond donors (Lipinski definition) is 2. The average Bonchev–Trinajstić information content (AvgIpc) is 3.35. The first-order chi connectivity index (χ1) is 17.0. The van der Waals surface area contributed by atoms with Crippen LogP contribution in [-0.2, 0) is 13.0 Å². The van der Waals surface area contributed by atoms with Crippen LogP contribution in [0.2, 0.25) is 0 Å². The minimum absolute atomic E-state index is 0. The highest BCUT2D eigenvalue weighted by atomic mass is 35.5. The lowest BCUT2D eigenvalue weighted by molar-refractivity contribution is 0.0994.